The molecule has 0 saturated carbocycles. The number of aliphatic hydroxyl groups is 1. The molecule has 2 nitrogen and oxygen atoms in total. The Balaban J connectivity index is 2.49. The van der Waals surface area contributed by atoms with Crippen LogP contribution in [0.5, 0.6) is 0 Å². The Morgan fingerprint density at radius 1 is 1.13 bits per heavy atom. The van der Waals surface area contributed by atoms with Gasteiger partial charge in [0.05, 0.1) is 12.3 Å². The van der Waals surface area contributed by atoms with Crippen molar-refractivity contribution in [3.63, 3.8) is 0 Å². The number of pyridine rings is 1. The van der Waals surface area contributed by atoms with E-state index in [1.54, 1.807) is 6.20 Å². The maximum Gasteiger partial charge on any atom is 0.0757 e. The highest BCUT2D eigenvalue weighted by Gasteiger charge is 2.04. The van der Waals surface area contributed by atoms with E-state index in [1.165, 1.54) is 5.56 Å². The van der Waals surface area contributed by atoms with Crippen molar-refractivity contribution < 1.29 is 5.11 Å². The van der Waals surface area contributed by atoms with Crippen molar-refractivity contribution in [2.45, 2.75) is 13.5 Å². The summed E-state index contributed by atoms with van der Waals surface area (Å²) in [5, 5.41) is 9.19. The van der Waals surface area contributed by atoms with Crippen LogP contribution in [0, 0.1) is 6.92 Å². The third-order valence-electron chi connectivity index (χ3n) is 2.39. The predicted molar refractivity (Wildman–Crippen MR) is 60.3 cm³/mol. The minimum atomic E-state index is 0.0249. The number of rotatable bonds is 2. The van der Waals surface area contributed by atoms with Crippen LogP contribution in [-0.4, -0.2) is 10.1 Å². The van der Waals surface area contributed by atoms with E-state index >= 15 is 0 Å². The van der Waals surface area contributed by atoms with Crippen LogP contribution in [0.1, 0.15) is 11.1 Å². The van der Waals surface area contributed by atoms with Gasteiger partial charge in [-0.3, -0.25) is 4.98 Å². The fourth-order valence-corrected chi connectivity index (χ4v) is 1.54. The molecule has 15 heavy (non-hydrogen) atoms. The molecular weight excluding hydrogens is 186 g/mol. The highest BCUT2D eigenvalue weighted by molar-refractivity contribution is 5.62. The van der Waals surface area contributed by atoms with Crippen molar-refractivity contribution in [3.8, 4) is 11.3 Å². The van der Waals surface area contributed by atoms with Gasteiger partial charge < -0.3 is 5.11 Å². The molecule has 0 atom stereocenters. The summed E-state index contributed by atoms with van der Waals surface area (Å²) in [4.78, 5) is 4.29. The molecule has 0 bridgehead atoms. The van der Waals surface area contributed by atoms with E-state index in [0.717, 1.165) is 16.8 Å². The molecule has 0 fully saturated rings. The van der Waals surface area contributed by atoms with E-state index in [4.69, 9.17) is 0 Å². The van der Waals surface area contributed by atoms with E-state index in [9.17, 15) is 5.11 Å². The van der Waals surface area contributed by atoms with Gasteiger partial charge in [0.2, 0.25) is 0 Å². The van der Waals surface area contributed by atoms with Gasteiger partial charge in [-0.15, -0.1) is 0 Å². The van der Waals surface area contributed by atoms with E-state index in [2.05, 4.69) is 11.9 Å². The predicted octanol–water partition coefficient (Wildman–Crippen LogP) is 2.55. The largest absolute Gasteiger partial charge is 0.392 e. The molecule has 0 aliphatic rings. The van der Waals surface area contributed by atoms with Gasteiger partial charge in [-0.25, -0.2) is 0 Å². The molecule has 0 aliphatic carbocycles. The van der Waals surface area contributed by atoms with Gasteiger partial charge in [0, 0.05) is 17.3 Å². The summed E-state index contributed by atoms with van der Waals surface area (Å²) in [6.45, 7) is 2.08. The van der Waals surface area contributed by atoms with E-state index in [0.29, 0.717) is 0 Å². The third kappa shape index (κ3) is 2.05. The third-order valence-corrected chi connectivity index (χ3v) is 2.39. The number of aryl methyl sites for hydroxylation is 1. The number of aromatic nitrogens is 1. The van der Waals surface area contributed by atoms with Crippen LogP contribution in [0.15, 0.2) is 42.6 Å². The van der Waals surface area contributed by atoms with E-state index < -0.39 is 0 Å². The summed E-state index contributed by atoms with van der Waals surface area (Å²) in [5.74, 6) is 0. The molecule has 2 aromatic rings. The topological polar surface area (TPSA) is 33.1 Å². The number of nitrogens with zero attached hydrogens (tertiary/aromatic N) is 1. The number of hydrogen-bond acceptors (Lipinski definition) is 2. The molecule has 0 aliphatic heterocycles. The van der Waals surface area contributed by atoms with Gasteiger partial charge in [-0.05, 0) is 13.0 Å². The molecule has 2 heteroatoms. The SMILES string of the molecule is Cc1ccc(-c2ncccc2CO)cc1. The Hall–Kier alpha value is -1.67. The minimum absolute atomic E-state index is 0.0249. The Labute approximate surface area is 89.2 Å². The van der Waals surface area contributed by atoms with Crippen molar-refractivity contribution in [3.05, 3.63) is 53.7 Å². The molecule has 0 saturated heterocycles. The van der Waals surface area contributed by atoms with Crippen molar-refractivity contribution in [2.75, 3.05) is 0 Å². The lowest BCUT2D eigenvalue weighted by molar-refractivity contribution is 0.282. The van der Waals surface area contributed by atoms with E-state index in [-0.39, 0.29) is 6.61 Å². The second-order valence-corrected chi connectivity index (χ2v) is 3.54. The van der Waals surface area contributed by atoms with Crippen LogP contribution in [0.3, 0.4) is 0 Å². The molecule has 0 amide bonds. The molecule has 1 aromatic carbocycles. The van der Waals surface area contributed by atoms with Crippen molar-refractivity contribution >= 4 is 0 Å². The lowest BCUT2D eigenvalue weighted by atomic mass is 10.1. The zero-order valence-corrected chi connectivity index (χ0v) is 8.64. The minimum Gasteiger partial charge on any atom is -0.392 e. The summed E-state index contributed by atoms with van der Waals surface area (Å²) in [7, 11) is 0. The van der Waals surface area contributed by atoms with Gasteiger partial charge in [0.1, 0.15) is 0 Å². The molecule has 1 N–H and O–H groups in total. The average molecular weight is 199 g/mol. The summed E-state index contributed by atoms with van der Waals surface area (Å²) in [5.41, 5.74) is 3.99. The first-order valence-corrected chi connectivity index (χ1v) is 4.93. The fourth-order valence-electron chi connectivity index (χ4n) is 1.54. The van der Waals surface area contributed by atoms with Gasteiger partial charge in [-0.2, -0.15) is 0 Å². The lowest BCUT2D eigenvalue weighted by Gasteiger charge is -2.05. The van der Waals surface area contributed by atoms with Crippen molar-refractivity contribution in [1.82, 2.24) is 4.98 Å². The fraction of sp³-hybridized carbons (Fsp3) is 0.154. The molecule has 2 rings (SSSR count). The summed E-state index contributed by atoms with van der Waals surface area (Å²) < 4.78 is 0. The molecule has 76 valence electrons. The van der Waals surface area contributed by atoms with Crippen LogP contribution in [0.25, 0.3) is 11.3 Å². The smallest absolute Gasteiger partial charge is 0.0757 e. The van der Waals surface area contributed by atoms with Crippen LogP contribution >= 0.6 is 0 Å². The number of aliphatic hydroxyl groups excluding tert-OH is 1. The van der Waals surface area contributed by atoms with Crippen LogP contribution in [0.2, 0.25) is 0 Å². The second kappa shape index (κ2) is 4.24. The van der Waals surface area contributed by atoms with Crippen molar-refractivity contribution in [2.24, 2.45) is 0 Å². The zero-order valence-electron chi connectivity index (χ0n) is 8.64. The maximum absolute atomic E-state index is 9.19. The van der Waals surface area contributed by atoms with Gasteiger partial charge in [0.15, 0.2) is 0 Å². The highest BCUT2D eigenvalue weighted by Crippen LogP contribution is 2.21. The molecule has 1 heterocycles. The van der Waals surface area contributed by atoms with Crippen LogP contribution in [-0.2, 0) is 6.61 Å². The van der Waals surface area contributed by atoms with Gasteiger partial charge in [0.25, 0.3) is 0 Å². The molecule has 1 aromatic heterocycles. The van der Waals surface area contributed by atoms with Crippen LogP contribution in [0.4, 0.5) is 0 Å². The first-order chi connectivity index (χ1) is 7.31. The number of benzene rings is 1. The first-order valence-electron chi connectivity index (χ1n) is 4.93. The molecule has 0 radical (unpaired) electrons. The second-order valence-electron chi connectivity index (χ2n) is 3.54. The Kier molecular flexibility index (Phi) is 2.79. The van der Waals surface area contributed by atoms with Crippen LogP contribution < -0.4 is 0 Å². The molecular formula is C13H13NO. The Bertz CT molecular complexity index is 448. The standard InChI is InChI=1S/C13H13NO/c1-10-4-6-11(7-5-10)13-12(9-15)3-2-8-14-13/h2-8,15H,9H2,1H3. The summed E-state index contributed by atoms with van der Waals surface area (Å²) in [6, 6.07) is 11.9. The number of hydrogen-bond donors (Lipinski definition) is 1. The van der Waals surface area contributed by atoms with Gasteiger partial charge in [-0.1, -0.05) is 35.9 Å². The average Bonchev–Trinajstić information content (AvgIpc) is 2.30. The summed E-state index contributed by atoms with van der Waals surface area (Å²) in [6.07, 6.45) is 1.74. The molecule has 0 spiro atoms. The maximum atomic E-state index is 9.19. The zero-order chi connectivity index (χ0) is 10.7. The Morgan fingerprint density at radius 3 is 2.53 bits per heavy atom. The monoisotopic (exact) mass is 199 g/mol. The normalized spacial score (nSPS) is 10.3. The highest BCUT2D eigenvalue weighted by atomic mass is 16.3. The van der Waals surface area contributed by atoms with E-state index in [1.807, 2.05) is 36.4 Å². The lowest BCUT2D eigenvalue weighted by Crippen LogP contribution is -1.92. The van der Waals surface area contributed by atoms with Crippen molar-refractivity contribution in [1.29, 1.82) is 0 Å². The quantitative estimate of drug-likeness (QED) is 0.806. The Morgan fingerprint density at radius 2 is 1.87 bits per heavy atom. The first kappa shape index (κ1) is 9.87. The summed E-state index contributed by atoms with van der Waals surface area (Å²) >= 11 is 0. The molecule has 0 unspecified atom stereocenters. The van der Waals surface area contributed by atoms with Gasteiger partial charge >= 0.3 is 0 Å².